The van der Waals surface area contributed by atoms with Gasteiger partial charge in [0, 0.05) is 12.1 Å². The zero-order valence-corrected chi connectivity index (χ0v) is 11.6. The standard InChI is InChI=1S/C13H14N4OS/c1-8-5-9(3-4-11(8)18-2)10-7-17-13(15-10)19-12(6-14)16-17/h3-5,7H,6,14H2,1-2H3. The number of aryl methyl sites for hydroxylation is 1. The summed E-state index contributed by atoms with van der Waals surface area (Å²) >= 11 is 1.52. The predicted molar refractivity (Wildman–Crippen MR) is 75.5 cm³/mol. The Bertz CT molecular complexity index is 700. The van der Waals surface area contributed by atoms with Crippen LogP contribution in [0.5, 0.6) is 5.75 Å². The minimum Gasteiger partial charge on any atom is -0.496 e. The molecule has 0 saturated carbocycles. The molecule has 0 aliphatic heterocycles. The molecule has 0 radical (unpaired) electrons. The molecule has 2 heterocycles. The predicted octanol–water partition coefficient (Wildman–Crippen LogP) is 2.23. The third-order valence-corrected chi connectivity index (χ3v) is 3.90. The minimum absolute atomic E-state index is 0.449. The molecule has 0 spiro atoms. The van der Waals surface area contributed by atoms with Crippen LogP contribution in [0.1, 0.15) is 10.6 Å². The molecular weight excluding hydrogens is 260 g/mol. The Balaban J connectivity index is 2.03. The van der Waals surface area contributed by atoms with E-state index in [0.29, 0.717) is 6.54 Å². The van der Waals surface area contributed by atoms with Gasteiger partial charge in [0.05, 0.1) is 19.0 Å². The summed E-state index contributed by atoms with van der Waals surface area (Å²) in [6.07, 6.45) is 1.92. The van der Waals surface area contributed by atoms with Gasteiger partial charge in [0.25, 0.3) is 0 Å². The number of benzene rings is 1. The Hall–Kier alpha value is -1.92. The molecule has 3 aromatic rings. The molecule has 0 amide bonds. The molecule has 98 valence electrons. The van der Waals surface area contributed by atoms with Crippen molar-refractivity contribution >= 4 is 16.3 Å². The molecule has 1 aromatic carbocycles. The third kappa shape index (κ3) is 2.09. The second-order valence-corrected chi connectivity index (χ2v) is 5.28. The Kier molecular flexibility index (Phi) is 2.96. The highest BCUT2D eigenvalue weighted by atomic mass is 32.1. The molecule has 2 aromatic heterocycles. The highest BCUT2D eigenvalue weighted by Crippen LogP contribution is 2.26. The maximum absolute atomic E-state index is 5.57. The fraction of sp³-hybridized carbons (Fsp3) is 0.231. The molecule has 2 N–H and O–H groups in total. The van der Waals surface area contributed by atoms with Crippen molar-refractivity contribution < 1.29 is 4.74 Å². The number of nitrogens with two attached hydrogens (primary N) is 1. The lowest BCUT2D eigenvalue weighted by molar-refractivity contribution is 0.412. The quantitative estimate of drug-likeness (QED) is 0.795. The van der Waals surface area contributed by atoms with Crippen molar-refractivity contribution in [3.8, 4) is 17.0 Å². The normalized spacial score (nSPS) is 11.1. The second kappa shape index (κ2) is 4.64. The van der Waals surface area contributed by atoms with Gasteiger partial charge in [0.2, 0.25) is 4.96 Å². The first-order valence-electron chi connectivity index (χ1n) is 5.91. The summed E-state index contributed by atoms with van der Waals surface area (Å²) in [6.45, 7) is 2.47. The summed E-state index contributed by atoms with van der Waals surface area (Å²) in [5.41, 5.74) is 8.63. The largest absolute Gasteiger partial charge is 0.496 e. The monoisotopic (exact) mass is 274 g/mol. The van der Waals surface area contributed by atoms with Crippen molar-refractivity contribution in [1.82, 2.24) is 14.6 Å². The van der Waals surface area contributed by atoms with Crippen LogP contribution < -0.4 is 10.5 Å². The van der Waals surface area contributed by atoms with E-state index in [2.05, 4.69) is 16.1 Å². The molecular formula is C13H14N4OS. The van der Waals surface area contributed by atoms with Crippen molar-refractivity contribution in [1.29, 1.82) is 0 Å². The number of fused-ring (bicyclic) bond motifs is 1. The number of aromatic nitrogens is 3. The number of hydrogen-bond acceptors (Lipinski definition) is 5. The summed E-state index contributed by atoms with van der Waals surface area (Å²) in [7, 11) is 1.67. The average Bonchev–Trinajstić information content (AvgIpc) is 2.96. The third-order valence-electron chi connectivity index (χ3n) is 2.95. The van der Waals surface area contributed by atoms with Gasteiger partial charge < -0.3 is 10.5 Å². The van der Waals surface area contributed by atoms with E-state index in [-0.39, 0.29) is 0 Å². The summed E-state index contributed by atoms with van der Waals surface area (Å²) in [6, 6.07) is 6.02. The van der Waals surface area contributed by atoms with Crippen LogP contribution in [0.25, 0.3) is 16.2 Å². The fourth-order valence-corrected chi connectivity index (χ4v) is 2.75. The zero-order chi connectivity index (χ0) is 13.4. The fourth-order valence-electron chi connectivity index (χ4n) is 2.00. The lowest BCUT2D eigenvalue weighted by Gasteiger charge is -2.05. The van der Waals surface area contributed by atoms with Gasteiger partial charge >= 0.3 is 0 Å². The van der Waals surface area contributed by atoms with Gasteiger partial charge in [0.15, 0.2) is 0 Å². The van der Waals surface area contributed by atoms with Gasteiger partial charge in [-0.1, -0.05) is 11.3 Å². The summed E-state index contributed by atoms with van der Waals surface area (Å²) in [4.78, 5) is 5.44. The second-order valence-electron chi connectivity index (χ2n) is 4.24. The van der Waals surface area contributed by atoms with Gasteiger partial charge in [-0.3, -0.25) is 0 Å². The van der Waals surface area contributed by atoms with Crippen LogP contribution in [0.15, 0.2) is 24.4 Å². The molecule has 5 nitrogen and oxygen atoms in total. The van der Waals surface area contributed by atoms with E-state index >= 15 is 0 Å². The highest BCUT2D eigenvalue weighted by molar-refractivity contribution is 7.16. The van der Waals surface area contributed by atoms with Crippen molar-refractivity contribution in [2.24, 2.45) is 5.73 Å². The van der Waals surface area contributed by atoms with Gasteiger partial charge in [-0.2, -0.15) is 5.10 Å². The first-order valence-corrected chi connectivity index (χ1v) is 6.73. The van der Waals surface area contributed by atoms with Crippen LogP contribution in [0.4, 0.5) is 0 Å². The molecule has 0 aliphatic carbocycles. The van der Waals surface area contributed by atoms with Crippen molar-refractivity contribution in [2.45, 2.75) is 13.5 Å². The maximum atomic E-state index is 5.57. The van der Waals surface area contributed by atoms with E-state index in [0.717, 1.165) is 32.5 Å². The summed E-state index contributed by atoms with van der Waals surface area (Å²) in [5.74, 6) is 0.883. The van der Waals surface area contributed by atoms with Crippen LogP contribution in [-0.4, -0.2) is 21.7 Å². The topological polar surface area (TPSA) is 65.4 Å². The van der Waals surface area contributed by atoms with Crippen LogP contribution in [0.2, 0.25) is 0 Å². The minimum atomic E-state index is 0.449. The van der Waals surface area contributed by atoms with E-state index in [9.17, 15) is 0 Å². The van der Waals surface area contributed by atoms with Crippen LogP contribution in [0.3, 0.4) is 0 Å². The molecule has 0 unspecified atom stereocenters. The Morgan fingerprint density at radius 3 is 2.89 bits per heavy atom. The van der Waals surface area contributed by atoms with Crippen molar-refractivity contribution in [3.63, 3.8) is 0 Å². The van der Waals surface area contributed by atoms with E-state index in [4.69, 9.17) is 10.5 Å². The SMILES string of the molecule is COc1ccc(-c2cn3nc(CN)sc3n2)cc1C. The molecule has 0 aliphatic rings. The highest BCUT2D eigenvalue weighted by Gasteiger charge is 2.10. The summed E-state index contributed by atoms with van der Waals surface area (Å²) < 4.78 is 7.04. The number of methoxy groups -OCH3 is 1. The van der Waals surface area contributed by atoms with Crippen molar-refractivity contribution in [3.05, 3.63) is 35.0 Å². The van der Waals surface area contributed by atoms with Crippen LogP contribution in [-0.2, 0) is 6.54 Å². The Labute approximate surface area is 114 Å². The van der Waals surface area contributed by atoms with Crippen LogP contribution >= 0.6 is 11.3 Å². The van der Waals surface area contributed by atoms with E-state index in [1.54, 1.807) is 11.6 Å². The summed E-state index contributed by atoms with van der Waals surface area (Å²) in [5, 5.41) is 5.25. The zero-order valence-electron chi connectivity index (χ0n) is 10.8. The van der Waals surface area contributed by atoms with Crippen molar-refractivity contribution in [2.75, 3.05) is 7.11 Å². The lowest BCUT2D eigenvalue weighted by Crippen LogP contribution is -1.95. The maximum Gasteiger partial charge on any atom is 0.212 e. The Morgan fingerprint density at radius 1 is 1.42 bits per heavy atom. The first kappa shape index (κ1) is 12.1. The van der Waals surface area contributed by atoms with Gasteiger partial charge in [-0.05, 0) is 30.7 Å². The molecule has 19 heavy (non-hydrogen) atoms. The van der Waals surface area contributed by atoms with Gasteiger partial charge in [-0.15, -0.1) is 0 Å². The van der Waals surface area contributed by atoms with Gasteiger partial charge in [-0.25, -0.2) is 9.50 Å². The van der Waals surface area contributed by atoms with Gasteiger partial charge in [0.1, 0.15) is 10.8 Å². The number of ether oxygens (including phenoxy) is 1. The van der Waals surface area contributed by atoms with E-state index < -0.39 is 0 Å². The molecule has 0 fully saturated rings. The van der Waals surface area contributed by atoms with Crippen LogP contribution in [0, 0.1) is 6.92 Å². The smallest absolute Gasteiger partial charge is 0.212 e. The van der Waals surface area contributed by atoms with E-state index in [1.807, 2.05) is 25.3 Å². The van der Waals surface area contributed by atoms with E-state index in [1.165, 1.54) is 11.3 Å². The molecule has 6 heteroatoms. The lowest BCUT2D eigenvalue weighted by atomic mass is 10.1. The molecule has 0 bridgehead atoms. The number of hydrogen-bond donors (Lipinski definition) is 1. The Morgan fingerprint density at radius 2 is 2.26 bits per heavy atom. The number of imidazole rings is 1. The molecule has 0 saturated heterocycles. The molecule has 3 rings (SSSR count). The number of rotatable bonds is 3. The first-order chi connectivity index (χ1) is 9.21. The molecule has 0 atom stereocenters. The number of nitrogens with zero attached hydrogens (tertiary/aromatic N) is 3. The average molecular weight is 274 g/mol.